The lowest BCUT2D eigenvalue weighted by Crippen LogP contribution is -2.46. The van der Waals surface area contributed by atoms with Gasteiger partial charge >= 0.3 is 0 Å². The Labute approximate surface area is 153 Å². The number of rotatable bonds is 3. The summed E-state index contributed by atoms with van der Waals surface area (Å²) in [4.78, 5) is 20.1. The first-order valence-electron chi connectivity index (χ1n) is 8.38. The Morgan fingerprint density at radius 1 is 1.04 bits per heavy atom. The fraction of sp³-hybridized carbons (Fsp3) is 0.263. The molecule has 2 heterocycles. The van der Waals surface area contributed by atoms with Crippen molar-refractivity contribution in [2.24, 2.45) is 0 Å². The minimum atomic E-state index is -0.619. The van der Waals surface area contributed by atoms with Crippen molar-refractivity contribution in [2.75, 3.05) is 36.0 Å². The van der Waals surface area contributed by atoms with E-state index in [1.165, 1.54) is 17.4 Å². The molecule has 0 bridgehead atoms. The van der Waals surface area contributed by atoms with Gasteiger partial charge in [-0.05, 0) is 37.3 Å². The molecular formula is C19H17F2N3OS. The van der Waals surface area contributed by atoms with E-state index in [0.29, 0.717) is 10.3 Å². The van der Waals surface area contributed by atoms with Crippen LogP contribution < -0.4 is 9.80 Å². The van der Waals surface area contributed by atoms with Crippen molar-refractivity contribution in [2.45, 2.75) is 6.92 Å². The van der Waals surface area contributed by atoms with Crippen molar-refractivity contribution in [3.63, 3.8) is 0 Å². The Balaban J connectivity index is 1.48. The number of thiazole rings is 1. The number of carbonyl (C=O) groups is 1. The van der Waals surface area contributed by atoms with E-state index in [4.69, 9.17) is 0 Å². The minimum absolute atomic E-state index is 0.0564. The summed E-state index contributed by atoms with van der Waals surface area (Å²) in [5.41, 5.74) is 2.01. The molecule has 0 radical (unpaired) electrons. The van der Waals surface area contributed by atoms with Crippen LogP contribution in [0.5, 0.6) is 0 Å². The lowest BCUT2D eigenvalue weighted by Gasteiger charge is -2.36. The van der Waals surface area contributed by atoms with Crippen molar-refractivity contribution >= 4 is 38.2 Å². The van der Waals surface area contributed by atoms with Gasteiger partial charge in [-0.1, -0.05) is 11.3 Å². The van der Waals surface area contributed by atoms with Crippen molar-refractivity contribution in [1.29, 1.82) is 0 Å². The van der Waals surface area contributed by atoms with Crippen LogP contribution >= 0.6 is 11.3 Å². The van der Waals surface area contributed by atoms with E-state index in [0.717, 1.165) is 43.1 Å². The highest BCUT2D eigenvalue weighted by molar-refractivity contribution is 7.22. The largest absolute Gasteiger partial charge is 0.368 e. The maximum absolute atomic E-state index is 13.9. The maximum Gasteiger partial charge on any atom is 0.186 e. The van der Waals surface area contributed by atoms with Gasteiger partial charge in [0.1, 0.15) is 11.3 Å². The van der Waals surface area contributed by atoms with Crippen molar-refractivity contribution < 1.29 is 13.6 Å². The van der Waals surface area contributed by atoms with Crippen molar-refractivity contribution in [1.82, 2.24) is 4.98 Å². The highest BCUT2D eigenvalue weighted by Crippen LogP contribution is 2.32. The predicted octanol–water partition coefficient (Wildman–Crippen LogP) is 4.10. The van der Waals surface area contributed by atoms with E-state index in [9.17, 15) is 13.6 Å². The van der Waals surface area contributed by atoms with Crippen LogP contribution in [0.3, 0.4) is 0 Å². The molecule has 4 rings (SSSR count). The van der Waals surface area contributed by atoms with E-state index < -0.39 is 11.6 Å². The number of anilines is 2. The number of carbonyl (C=O) groups excluding carboxylic acids is 1. The molecule has 1 fully saturated rings. The summed E-state index contributed by atoms with van der Waals surface area (Å²) in [6, 6.07) is 9.80. The second-order valence-electron chi connectivity index (χ2n) is 6.31. The molecule has 134 valence electrons. The second kappa shape index (κ2) is 6.64. The zero-order valence-corrected chi connectivity index (χ0v) is 15.0. The number of benzene rings is 2. The Hall–Kier alpha value is -2.54. The Morgan fingerprint density at radius 3 is 2.35 bits per heavy atom. The van der Waals surface area contributed by atoms with Gasteiger partial charge in [-0.2, -0.15) is 0 Å². The van der Waals surface area contributed by atoms with Crippen LogP contribution in [0, 0.1) is 11.6 Å². The van der Waals surface area contributed by atoms with Crippen LogP contribution in [0.2, 0.25) is 0 Å². The van der Waals surface area contributed by atoms with E-state index in [-0.39, 0.29) is 11.3 Å². The normalized spacial score (nSPS) is 14.9. The zero-order chi connectivity index (χ0) is 18.3. The average Bonchev–Trinajstić information content (AvgIpc) is 3.06. The third-order valence-corrected chi connectivity index (χ3v) is 5.65. The zero-order valence-electron chi connectivity index (χ0n) is 14.2. The van der Waals surface area contributed by atoms with Crippen LogP contribution in [0.1, 0.15) is 17.3 Å². The summed E-state index contributed by atoms with van der Waals surface area (Å²) in [6.07, 6.45) is 0. The first-order valence-corrected chi connectivity index (χ1v) is 9.19. The Kier molecular flexibility index (Phi) is 4.32. The fourth-order valence-electron chi connectivity index (χ4n) is 3.14. The molecule has 1 aliphatic rings. The van der Waals surface area contributed by atoms with Gasteiger partial charge in [-0.25, -0.2) is 13.8 Å². The van der Waals surface area contributed by atoms with Crippen LogP contribution in [0.4, 0.5) is 19.6 Å². The summed E-state index contributed by atoms with van der Waals surface area (Å²) >= 11 is 1.31. The van der Waals surface area contributed by atoms with Gasteiger partial charge in [0.05, 0.1) is 4.70 Å². The number of hydrogen-bond donors (Lipinski definition) is 0. The SMILES string of the molecule is CC(=O)c1ccc(N2CCN(c3nc4c(F)cc(F)cc4s3)CC2)cc1. The molecule has 1 saturated heterocycles. The molecular weight excluding hydrogens is 356 g/mol. The predicted molar refractivity (Wildman–Crippen MR) is 100 cm³/mol. The molecule has 0 saturated carbocycles. The van der Waals surface area contributed by atoms with Gasteiger partial charge in [0, 0.05) is 43.5 Å². The molecule has 0 atom stereocenters. The summed E-state index contributed by atoms with van der Waals surface area (Å²) in [7, 11) is 0. The van der Waals surface area contributed by atoms with E-state index in [2.05, 4.69) is 14.8 Å². The molecule has 1 aliphatic heterocycles. The molecule has 26 heavy (non-hydrogen) atoms. The Bertz CT molecular complexity index is 963. The number of nitrogens with zero attached hydrogens (tertiary/aromatic N) is 3. The number of piperazine rings is 1. The monoisotopic (exact) mass is 373 g/mol. The highest BCUT2D eigenvalue weighted by Gasteiger charge is 2.21. The number of Topliss-reactive ketones (excluding diaryl/α,β-unsaturated/α-hetero) is 1. The third-order valence-electron chi connectivity index (χ3n) is 4.59. The van der Waals surface area contributed by atoms with E-state index >= 15 is 0 Å². The summed E-state index contributed by atoms with van der Waals surface area (Å²) < 4.78 is 27.7. The standard InChI is InChI=1S/C19H17F2N3OS/c1-12(25)13-2-4-15(5-3-13)23-6-8-24(9-7-23)19-22-18-16(21)10-14(20)11-17(18)26-19/h2-5,10-11H,6-9H2,1H3. The number of aromatic nitrogens is 1. The van der Waals surface area contributed by atoms with Gasteiger partial charge in [-0.3, -0.25) is 4.79 Å². The molecule has 3 aromatic rings. The van der Waals surface area contributed by atoms with Gasteiger partial charge in [0.25, 0.3) is 0 Å². The van der Waals surface area contributed by atoms with Crippen molar-refractivity contribution in [3.8, 4) is 0 Å². The van der Waals surface area contributed by atoms with Gasteiger partial charge in [-0.15, -0.1) is 0 Å². The maximum atomic E-state index is 13.9. The third kappa shape index (κ3) is 3.14. The molecule has 2 aromatic carbocycles. The molecule has 0 amide bonds. The highest BCUT2D eigenvalue weighted by atomic mass is 32.1. The van der Waals surface area contributed by atoms with Crippen LogP contribution in [0.15, 0.2) is 36.4 Å². The summed E-state index contributed by atoms with van der Waals surface area (Å²) in [5.74, 6) is -1.14. The first kappa shape index (κ1) is 16.9. The summed E-state index contributed by atoms with van der Waals surface area (Å²) in [5, 5.41) is 0.719. The van der Waals surface area contributed by atoms with Crippen LogP contribution in [-0.2, 0) is 0 Å². The van der Waals surface area contributed by atoms with Gasteiger partial charge in [0.15, 0.2) is 16.7 Å². The Morgan fingerprint density at radius 2 is 1.69 bits per heavy atom. The number of hydrogen-bond acceptors (Lipinski definition) is 5. The van der Waals surface area contributed by atoms with E-state index in [1.807, 2.05) is 24.3 Å². The molecule has 0 unspecified atom stereocenters. The first-order chi connectivity index (χ1) is 12.5. The smallest absolute Gasteiger partial charge is 0.186 e. The lowest BCUT2D eigenvalue weighted by molar-refractivity contribution is 0.101. The number of ketones is 1. The average molecular weight is 373 g/mol. The lowest BCUT2D eigenvalue weighted by atomic mass is 10.1. The summed E-state index contributed by atoms with van der Waals surface area (Å²) in [6.45, 7) is 4.65. The second-order valence-corrected chi connectivity index (χ2v) is 7.32. The molecule has 7 heteroatoms. The quantitative estimate of drug-likeness (QED) is 0.648. The molecule has 1 aromatic heterocycles. The topological polar surface area (TPSA) is 36.4 Å². The van der Waals surface area contributed by atoms with Gasteiger partial charge < -0.3 is 9.80 Å². The van der Waals surface area contributed by atoms with Crippen LogP contribution in [-0.4, -0.2) is 36.9 Å². The van der Waals surface area contributed by atoms with E-state index in [1.54, 1.807) is 6.92 Å². The van der Waals surface area contributed by atoms with Crippen molar-refractivity contribution in [3.05, 3.63) is 53.6 Å². The number of fused-ring (bicyclic) bond motifs is 1. The van der Waals surface area contributed by atoms with Gasteiger partial charge in [0.2, 0.25) is 0 Å². The molecule has 4 nitrogen and oxygen atoms in total. The molecule has 0 N–H and O–H groups in total. The molecule has 0 aliphatic carbocycles. The fourth-order valence-corrected chi connectivity index (χ4v) is 4.20. The minimum Gasteiger partial charge on any atom is -0.368 e. The van der Waals surface area contributed by atoms with Crippen LogP contribution in [0.25, 0.3) is 10.2 Å². The molecule has 0 spiro atoms. The number of halogens is 2.